The third-order valence-electron chi connectivity index (χ3n) is 3.38. The van der Waals surface area contributed by atoms with Crippen LogP contribution in [0, 0.1) is 13.8 Å². The number of nitrogens with one attached hydrogen (secondary N) is 2. The predicted octanol–water partition coefficient (Wildman–Crippen LogP) is 2.81. The summed E-state index contributed by atoms with van der Waals surface area (Å²) in [7, 11) is -4.27. The van der Waals surface area contributed by atoms with E-state index in [0.717, 1.165) is 0 Å². The minimum absolute atomic E-state index is 0.00246. The van der Waals surface area contributed by atoms with Crippen molar-refractivity contribution in [2.24, 2.45) is 0 Å². The summed E-state index contributed by atoms with van der Waals surface area (Å²) in [5, 5.41) is 2.84. The van der Waals surface area contributed by atoms with E-state index in [-0.39, 0.29) is 21.4 Å². The van der Waals surface area contributed by atoms with Gasteiger partial charge in [-0.05, 0) is 32.0 Å². The number of halogens is 1. The summed E-state index contributed by atoms with van der Waals surface area (Å²) in [6.07, 6.45) is 1.45. The van der Waals surface area contributed by atoms with Crippen LogP contribution in [0.15, 0.2) is 41.4 Å². The lowest BCUT2D eigenvalue weighted by Crippen LogP contribution is -2.35. The molecule has 1 aromatic carbocycles. The normalized spacial score (nSPS) is 11.3. The Labute approximate surface area is 154 Å². The number of urea groups is 1. The molecule has 134 valence electrons. The monoisotopic (exact) mass is 391 g/mol. The van der Waals surface area contributed by atoms with Gasteiger partial charge in [0.1, 0.15) is 4.90 Å². The van der Waals surface area contributed by atoms with Gasteiger partial charge in [0.15, 0.2) is 0 Å². The van der Waals surface area contributed by atoms with Gasteiger partial charge in [0.2, 0.25) is 5.95 Å². The molecule has 0 spiro atoms. The van der Waals surface area contributed by atoms with Crippen LogP contribution in [0.2, 0.25) is 5.02 Å². The Morgan fingerprint density at radius 2 is 1.81 bits per heavy atom. The second-order valence-electron chi connectivity index (χ2n) is 5.49. The Balaban J connectivity index is 1.92. The van der Waals surface area contributed by atoms with Gasteiger partial charge in [-0.1, -0.05) is 23.7 Å². The Morgan fingerprint density at radius 1 is 1.12 bits per heavy atom. The molecule has 0 fully saturated rings. The minimum atomic E-state index is -4.27. The molecule has 2 N–H and O–H groups in total. The molecule has 0 aliphatic heterocycles. The molecular weight excluding hydrogens is 378 g/mol. The summed E-state index contributed by atoms with van der Waals surface area (Å²) >= 11 is 6.06. The summed E-state index contributed by atoms with van der Waals surface area (Å²) in [4.78, 5) is 24.0. The maximum atomic E-state index is 12.7. The number of benzene rings is 1. The van der Waals surface area contributed by atoms with Crippen LogP contribution in [-0.2, 0) is 10.0 Å². The Kier molecular flexibility index (Phi) is 4.75. The van der Waals surface area contributed by atoms with Crippen LogP contribution in [0.5, 0.6) is 0 Å². The molecule has 0 saturated carbocycles. The van der Waals surface area contributed by atoms with Crippen LogP contribution < -0.4 is 10.0 Å². The lowest BCUT2D eigenvalue weighted by Gasteiger charge is -2.11. The van der Waals surface area contributed by atoms with E-state index < -0.39 is 16.1 Å². The summed E-state index contributed by atoms with van der Waals surface area (Å²) in [5.74, 6) is -0.00246. The highest BCUT2D eigenvalue weighted by Gasteiger charge is 2.25. The maximum absolute atomic E-state index is 12.7. The first-order chi connectivity index (χ1) is 12.3. The number of carbonyl (C=O) groups is 1. The van der Waals surface area contributed by atoms with Gasteiger partial charge in [0.05, 0.1) is 10.5 Å². The summed E-state index contributed by atoms with van der Waals surface area (Å²) in [5.41, 5.74) is 1.44. The van der Waals surface area contributed by atoms with Gasteiger partial charge in [-0.3, -0.25) is 10.3 Å². The molecule has 0 bridgehead atoms. The first-order valence-electron chi connectivity index (χ1n) is 7.45. The van der Waals surface area contributed by atoms with E-state index in [9.17, 15) is 13.2 Å². The topological polar surface area (TPSA) is 114 Å². The molecule has 26 heavy (non-hydrogen) atoms. The summed E-state index contributed by atoms with van der Waals surface area (Å²) in [6.45, 7) is 3.46. The zero-order valence-electron chi connectivity index (χ0n) is 13.8. The van der Waals surface area contributed by atoms with Crippen LogP contribution in [0.1, 0.15) is 11.4 Å². The third kappa shape index (κ3) is 3.73. The SMILES string of the molecule is Cc1cc(C)nc(NC(=O)NS(=O)(=O)c2c(Cl)ccc3cccnc23)n1. The predicted molar refractivity (Wildman–Crippen MR) is 97.6 cm³/mol. The third-order valence-corrected chi connectivity index (χ3v) is 5.22. The van der Waals surface area contributed by atoms with E-state index in [4.69, 9.17) is 11.6 Å². The molecule has 2 aromatic heterocycles. The van der Waals surface area contributed by atoms with Gasteiger partial charge < -0.3 is 0 Å². The molecule has 2 amide bonds. The highest BCUT2D eigenvalue weighted by molar-refractivity contribution is 7.90. The van der Waals surface area contributed by atoms with Crippen LogP contribution in [0.4, 0.5) is 10.7 Å². The number of sulfonamides is 1. The van der Waals surface area contributed by atoms with Gasteiger partial charge in [-0.25, -0.2) is 27.9 Å². The van der Waals surface area contributed by atoms with Crippen molar-refractivity contribution in [1.29, 1.82) is 0 Å². The number of hydrogen-bond donors (Lipinski definition) is 2. The lowest BCUT2D eigenvalue weighted by atomic mass is 10.2. The average Bonchev–Trinajstić information content (AvgIpc) is 2.52. The van der Waals surface area contributed by atoms with E-state index in [1.54, 1.807) is 38.1 Å². The number of aromatic nitrogens is 3. The standard InChI is InChI=1S/C16H14ClN5O3S/c1-9-8-10(2)20-15(19-9)21-16(23)22-26(24,25)14-12(17)6-5-11-4-3-7-18-13(11)14/h3-8H,1-2H3,(H2,19,20,21,22,23). The molecule has 8 nitrogen and oxygen atoms in total. The number of aryl methyl sites for hydroxylation is 2. The van der Waals surface area contributed by atoms with E-state index in [1.807, 2.05) is 4.72 Å². The van der Waals surface area contributed by atoms with Crippen LogP contribution >= 0.6 is 11.6 Å². The van der Waals surface area contributed by atoms with E-state index >= 15 is 0 Å². The van der Waals surface area contributed by atoms with Crippen LogP contribution in [0.25, 0.3) is 10.9 Å². The van der Waals surface area contributed by atoms with Gasteiger partial charge in [0.25, 0.3) is 10.0 Å². The van der Waals surface area contributed by atoms with Gasteiger partial charge in [-0.15, -0.1) is 0 Å². The van der Waals surface area contributed by atoms with Crippen molar-refractivity contribution in [3.8, 4) is 0 Å². The van der Waals surface area contributed by atoms with Crippen molar-refractivity contribution in [3.63, 3.8) is 0 Å². The number of hydrogen-bond acceptors (Lipinski definition) is 6. The van der Waals surface area contributed by atoms with Crippen molar-refractivity contribution in [1.82, 2.24) is 19.7 Å². The molecule has 2 heterocycles. The number of rotatable bonds is 3. The van der Waals surface area contributed by atoms with Crippen molar-refractivity contribution in [2.45, 2.75) is 18.7 Å². The molecule has 0 aliphatic carbocycles. The number of carbonyl (C=O) groups excluding carboxylic acids is 1. The van der Waals surface area contributed by atoms with Crippen LogP contribution in [-0.4, -0.2) is 29.4 Å². The molecule has 3 aromatic rings. The Bertz CT molecular complexity index is 1100. The lowest BCUT2D eigenvalue weighted by molar-refractivity contribution is 0.256. The maximum Gasteiger partial charge on any atom is 0.335 e. The minimum Gasteiger partial charge on any atom is -0.275 e. The second kappa shape index (κ2) is 6.85. The number of pyridine rings is 1. The number of fused-ring (bicyclic) bond motifs is 1. The number of nitrogens with zero attached hydrogens (tertiary/aromatic N) is 3. The molecule has 0 radical (unpaired) electrons. The zero-order chi connectivity index (χ0) is 18.9. The number of anilines is 1. The van der Waals surface area contributed by atoms with Gasteiger partial charge in [-0.2, -0.15) is 0 Å². The van der Waals surface area contributed by atoms with Gasteiger partial charge >= 0.3 is 6.03 Å². The number of amides is 2. The van der Waals surface area contributed by atoms with E-state index in [1.165, 1.54) is 12.3 Å². The van der Waals surface area contributed by atoms with Crippen molar-refractivity contribution in [2.75, 3.05) is 5.32 Å². The molecule has 0 unspecified atom stereocenters. The molecule has 0 saturated heterocycles. The van der Waals surface area contributed by atoms with Crippen LogP contribution in [0.3, 0.4) is 0 Å². The molecule has 3 rings (SSSR count). The summed E-state index contributed by atoms with van der Waals surface area (Å²) in [6, 6.07) is 7.17. The van der Waals surface area contributed by atoms with E-state index in [0.29, 0.717) is 16.8 Å². The van der Waals surface area contributed by atoms with Crippen molar-refractivity contribution >= 4 is 44.5 Å². The largest absolute Gasteiger partial charge is 0.335 e. The fraction of sp³-hybridized carbons (Fsp3) is 0.125. The molecule has 0 aliphatic rings. The molecular formula is C16H14ClN5O3S. The smallest absolute Gasteiger partial charge is 0.275 e. The van der Waals surface area contributed by atoms with Crippen molar-refractivity contribution < 1.29 is 13.2 Å². The van der Waals surface area contributed by atoms with E-state index in [2.05, 4.69) is 20.3 Å². The average molecular weight is 392 g/mol. The molecule has 10 heteroatoms. The quantitative estimate of drug-likeness (QED) is 0.709. The first-order valence-corrected chi connectivity index (χ1v) is 9.32. The highest BCUT2D eigenvalue weighted by atomic mass is 35.5. The molecule has 0 atom stereocenters. The summed E-state index contributed by atoms with van der Waals surface area (Å²) < 4.78 is 27.2. The Morgan fingerprint density at radius 3 is 2.50 bits per heavy atom. The zero-order valence-corrected chi connectivity index (χ0v) is 15.4. The fourth-order valence-electron chi connectivity index (χ4n) is 2.43. The van der Waals surface area contributed by atoms with Crippen molar-refractivity contribution in [3.05, 3.63) is 52.9 Å². The van der Waals surface area contributed by atoms with Gasteiger partial charge in [0, 0.05) is 23.0 Å². The Hall–Kier alpha value is -2.78. The fourth-order valence-corrected chi connectivity index (χ4v) is 4.04. The first kappa shape index (κ1) is 18.0. The second-order valence-corrected chi connectivity index (χ2v) is 7.51. The highest BCUT2D eigenvalue weighted by Crippen LogP contribution is 2.28.